The van der Waals surface area contributed by atoms with Gasteiger partial charge < -0.3 is 5.11 Å². The van der Waals surface area contributed by atoms with Crippen LogP contribution in [0, 0.1) is 0 Å². The molecule has 0 aliphatic heterocycles. The lowest BCUT2D eigenvalue weighted by molar-refractivity contribution is 0.0362. The van der Waals surface area contributed by atoms with Crippen molar-refractivity contribution >= 4 is 22.5 Å². The van der Waals surface area contributed by atoms with E-state index in [1.165, 1.54) is 0 Å². The average Bonchev–Trinajstić information content (AvgIpc) is 2.28. The molecule has 2 aromatic rings. The van der Waals surface area contributed by atoms with E-state index in [4.69, 9.17) is 5.11 Å². The van der Waals surface area contributed by atoms with E-state index in [0.29, 0.717) is 16.7 Å². The van der Waals surface area contributed by atoms with Gasteiger partial charge in [-0.2, -0.15) is 8.78 Å². The van der Waals surface area contributed by atoms with Gasteiger partial charge in [0.25, 0.3) is 0 Å². The molecular formula is C12H10F2OS. The molecule has 84 valence electrons. The van der Waals surface area contributed by atoms with Gasteiger partial charge in [0.1, 0.15) is 6.61 Å². The first-order chi connectivity index (χ1) is 7.61. The zero-order chi connectivity index (χ0) is 11.6. The van der Waals surface area contributed by atoms with E-state index in [2.05, 4.69) is 0 Å². The van der Waals surface area contributed by atoms with Crippen molar-refractivity contribution in [3.05, 3.63) is 42.5 Å². The molecule has 2 rings (SSSR count). The Morgan fingerprint density at radius 2 is 1.75 bits per heavy atom. The first-order valence-electron chi connectivity index (χ1n) is 4.77. The maximum Gasteiger partial charge on any atom is 0.320 e. The Hall–Kier alpha value is -1.13. The van der Waals surface area contributed by atoms with Crippen molar-refractivity contribution in [2.75, 3.05) is 6.61 Å². The highest BCUT2D eigenvalue weighted by Gasteiger charge is 2.29. The van der Waals surface area contributed by atoms with Gasteiger partial charge in [0.05, 0.1) is 0 Å². The van der Waals surface area contributed by atoms with Crippen molar-refractivity contribution in [1.29, 1.82) is 0 Å². The van der Waals surface area contributed by atoms with Gasteiger partial charge in [-0.1, -0.05) is 30.3 Å². The topological polar surface area (TPSA) is 20.2 Å². The third kappa shape index (κ3) is 2.51. The number of rotatable bonds is 3. The van der Waals surface area contributed by atoms with Crippen molar-refractivity contribution < 1.29 is 13.9 Å². The van der Waals surface area contributed by atoms with Crippen LogP contribution < -0.4 is 0 Å². The van der Waals surface area contributed by atoms with Crippen LogP contribution >= 0.6 is 11.8 Å². The summed E-state index contributed by atoms with van der Waals surface area (Å²) in [6, 6.07) is 12.7. The Morgan fingerprint density at radius 1 is 1.06 bits per heavy atom. The number of aliphatic hydroxyl groups excluding tert-OH is 1. The van der Waals surface area contributed by atoms with E-state index in [-0.39, 0.29) is 0 Å². The van der Waals surface area contributed by atoms with Crippen LogP contribution in [-0.2, 0) is 0 Å². The summed E-state index contributed by atoms with van der Waals surface area (Å²) >= 11 is 0.377. The lowest BCUT2D eigenvalue weighted by Crippen LogP contribution is -2.15. The Balaban J connectivity index is 2.33. The molecule has 0 unspecified atom stereocenters. The van der Waals surface area contributed by atoms with Gasteiger partial charge in [0.15, 0.2) is 0 Å². The minimum Gasteiger partial charge on any atom is -0.389 e. The average molecular weight is 240 g/mol. The second kappa shape index (κ2) is 4.39. The van der Waals surface area contributed by atoms with Crippen molar-refractivity contribution in [3.8, 4) is 0 Å². The summed E-state index contributed by atoms with van der Waals surface area (Å²) in [5.74, 6) is 0. The fourth-order valence-electron chi connectivity index (χ4n) is 1.44. The van der Waals surface area contributed by atoms with Crippen LogP contribution in [0.15, 0.2) is 47.4 Å². The third-order valence-electron chi connectivity index (χ3n) is 2.17. The van der Waals surface area contributed by atoms with E-state index in [9.17, 15) is 8.78 Å². The number of aliphatic hydroxyl groups is 1. The summed E-state index contributed by atoms with van der Waals surface area (Å²) in [6.45, 7) is -1.15. The molecule has 0 aromatic heterocycles. The predicted octanol–water partition coefficient (Wildman–Crippen LogP) is 3.52. The molecule has 4 heteroatoms. The quantitative estimate of drug-likeness (QED) is 0.828. The van der Waals surface area contributed by atoms with E-state index in [0.717, 1.165) is 10.8 Å². The van der Waals surface area contributed by atoms with Gasteiger partial charge in [0, 0.05) is 4.90 Å². The number of halogens is 2. The van der Waals surface area contributed by atoms with Crippen LogP contribution in [0.1, 0.15) is 0 Å². The fraction of sp³-hybridized carbons (Fsp3) is 0.167. The summed E-state index contributed by atoms with van der Waals surface area (Å²) in [7, 11) is 0. The Bertz CT molecular complexity index is 499. The SMILES string of the molecule is OCC(F)(F)Sc1ccc2ccccc2c1. The molecule has 16 heavy (non-hydrogen) atoms. The van der Waals surface area contributed by atoms with Gasteiger partial charge in [-0.3, -0.25) is 0 Å². The van der Waals surface area contributed by atoms with E-state index >= 15 is 0 Å². The summed E-state index contributed by atoms with van der Waals surface area (Å²) in [4.78, 5) is 0.456. The second-order valence-electron chi connectivity index (χ2n) is 3.41. The number of alkyl halides is 2. The van der Waals surface area contributed by atoms with Crippen LogP contribution in [-0.4, -0.2) is 17.0 Å². The molecule has 0 spiro atoms. The highest BCUT2D eigenvalue weighted by atomic mass is 32.2. The number of hydrogen-bond donors (Lipinski definition) is 1. The van der Waals surface area contributed by atoms with E-state index < -0.39 is 11.9 Å². The van der Waals surface area contributed by atoms with E-state index in [1.54, 1.807) is 18.2 Å². The van der Waals surface area contributed by atoms with Gasteiger partial charge in [-0.25, -0.2) is 0 Å². The molecule has 1 nitrogen and oxygen atoms in total. The number of fused-ring (bicyclic) bond motifs is 1. The predicted molar refractivity (Wildman–Crippen MR) is 61.8 cm³/mol. The van der Waals surface area contributed by atoms with Crippen molar-refractivity contribution in [2.24, 2.45) is 0 Å². The Kier molecular flexibility index (Phi) is 3.12. The van der Waals surface area contributed by atoms with Crippen LogP contribution in [0.5, 0.6) is 0 Å². The number of benzene rings is 2. The van der Waals surface area contributed by atoms with Crippen LogP contribution in [0.3, 0.4) is 0 Å². The van der Waals surface area contributed by atoms with E-state index in [1.807, 2.05) is 24.3 Å². The van der Waals surface area contributed by atoms with Crippen molar-refractivity contribution in [1.82, 2.24) is 0 Å². The zero-order valence-corrected chi connectivity index (χ0v) is 9.18. The van der Waals surface area contributed by atoms with Crippen LogP contribution in [0.4, 0.5) is 8.78 Å². The smallest absolute Gasteiger partial charge is 0.320 e. The molecule has 0 heterocycles. The molecule has 0 atom stereocenters. The molecule has 0 bridgehead atoms. The minimum atomic E-state index is -3.12. The summed E-state index contributed by atoms with van der Waals surface area (Å²) in [5.41, 5.74) is 0. The first-order valence-corrected chi connectivity index (χ1v) is 5.59. The number of hydrogen-bond acceptors (Lipinski definition) is 2. The zero-order valence-electron chi connectivity index (χ0n) is 8.36. The molecule has 1 N–H and O–H groups in total. The molecule has 0 amide bonds. The second-order valence-corrected chi connectivity index (χ2v) is 4.68. The maximum atomic E-state index is 13.0. The van der Waals surface area contributed by atoms with Crippen LogP contribution in [0.2, 0.25) is 0 Å². The lowest BCUT2D eigenvalue weighted by Gasteiger charge is -2.12. The summed E-state index contributed by atoms with van der Waals surface area (Å²) in [5, 5.41) is 7.31. The Morgan fingerprint density at radius 3 is 2.44 bits per heavy atom. The largest absolute Gasteiger partial charge is 0.389 e. The molecule has 2 aromatic carbocycles. The molecule has 0 radical (unpaired) electrons. The van der Waals surface area contributed by atoms with Crippen molar-refractivity contribution in [3.63, 3.8) is 0 Å². The third-order valence-corrected chi connectivity index (χ3v) is 3.09. The van der Waals surface area contributed by atoms with Gasteiger partial charge in [-0.15, -0.1) is 0 Å². The van der Waals surface area contributed by atoms with Gasteiger partial charge in [0.2, 0.25) is 0 Å². The fourth-order valence-corrected chi connectivity index (χ4v) is 2.17. The summed E-state index contributed by atoms with van der Waals surface area (Å²) in [6.07, 6.45) is 0. The van der Waals surface area contributed by atoms with Gasteiger partial charge >= 0.3 is 5.25 Å². The molecule has 0 saturated heterocycles. The lowest BCUT2D eigenvalue weighted by atomic mass is 10.1. The molecule has 0 aliphatic rings. The number of thioether (sulfide) groups is 1. The highest BCUT2D eigenvalue weighted by molar-refractivity contribution is 8.00. The molecule has 0 aliphatic carbocycles. The van der Waals surface area contributed by atoms with Crippen molar-refractivity contribution in [2.45, 2.75) is 10.2 Å². The molecular weight excluding hydrogens is 230 g/mol. The first kappa shape index (κ1) is 11.4. The molecule has 0 saturated carbocycles. The monoisotopic (exact) mass is 240 g/mol. The maximum absolute atomic E-state index is 13.0. The molecule has 0 fully saturated rings. The van der Waals surface area contributed by atoms with Gasteiger partial charge in [-0.05, 0) is 34.7 Å². The van der Waals surface area contributed by atoms with Crippen LogP contribution in [0.25, 0.3) is 10.8 Å². The highest BCUT2D eigenvalue weighted by Crippen LogP contribution is 2.36. The normalized spacial score (nSPS) is 11.9. The minimum absolute atomic E-state index is 0.377. The standard InChI is InChI=1S/C12H10F2OS/c13-12(14,8-15)16-11-6-5-9-3-1-2-4-10(9)7-11/h1-7,15H,8H2. The Labute approximate surface area is 96.1 Å². The summed E-state index contributed by atoms with van der Waals surface area (Å²) < 4.78 is 25.9.